The number of hydrogen-bond donors (Lipinski definition) is 4. The van der Waals surface area contributed by atoms with Crippen molar-refractivity contribution in [1.29, 1.82) is 0 Å². The van der Waals surface area contributed by atoms with Crippen LogP contribution in [0.15, 0.2) is 34.6 Å². The number of carbonyl (C=O) groups is 1. The van der Waals surface area contributed by atoms with Crippen LogP contribution < -0.4 is 5.32 Å². The van der Waals surface area contributed by atoms with Gasteiger partial charge in [-0.2, -0.15) is 0 Å². The molecule has 2 N–H and O–H groups in total. The molecule has 2 rings (SSSR count). The zero-order chi connectivity index (χ0) is 14.0. The largest absolute Gasteiger partial charge is 0.345 e. The summed E-state index contributed by atoms with van der Waals surface area (Å²) >= 11 is 8.34. The molecule has 0 unspecified atom stereocenters. The van der Waals surface area contributed by atoms with Gasteiger partial charge in [0.05, 0.1) is 5.69 Å². The van der Waals surface area contributed by atoms with Crippen molar-refractivity contribution < 1.29 is 10.0 Å². The lowest BCUT2D eigenvalue weighted by Gasteiger charge is -2.12. The molecule has 1 aromatic heterocycles. The molecule has 0 aliphatic carbocycles. The Kier molecular flexibility index (Phi) is 3.98. The van der Waals surface area contributed by atoms with Crippen molar-refractivity contribution in [1.82, 2.24) is 19.8 Å². The average molecular weight is 297 g/mol. The number of nitrogens with one attached hydrogen (secondary N) is 1. The molecule has 2 amide bonds. The molecule has 0 aliphatic heterocycles. The van der Waals surface area contributed by atoms with Crippen LogP contribution in [0.25, 0.3) is 5.69 Å². The lowest BCUT2D eigenvalue weighted by Crippen LogP contribution is -2.27. The van der Waals surface area contributed by atoms with Crippen LogP contribution in [0.3, 0.4) is 0 Å². The van der Waals surface area contributed by atoms with Gasteiger partial charge in [0, 0.05) is 12.7 Å². The average Bonchev–Trinajstić information content (AvgIpc) is 2.69. The van der Waals surface area contributed by atoms with E-state index in [1.165, 1.54) is 7.05 Å². The molecule has 0 saturated carbocycles. The quantitative estimate of drug-likeness (QED) is 0.386. The van der Waals surface area contributed by atoms with Crippen molar-refractivity contribution in [3.05, 3.63) is 24.3 Å². The van der Waals surface area contributed by atoms with Gasteiger partial charge in [-0.15, -0.1) is 35.5 Å². The van der Waals surface area contributed by atoms with Gasteiger partial charge >= 0.3 is 6.03 Å². The summed E-state index contributed by atoms with van der Waals surface area (Å²) in [6.45, 7) is 0. The normalized spacial score (nSPS) is 10.3. The maximum Gasteiger partial charge on any atom is 0.345 e. The summed E-state index contributed by atoms with van der Waals surface area (Å²) in [5, 5.41) is 20.3. The number of urea groups is 1. The molecule has 1 heterocycles. The van der Waals surface area contributed by atoms with E-state index in [0.29, 0.717) is 26.8 Å². The molecule has 0 aliphatic rings. The minimum absolute atomic E-state index is 0.382. The van der Waals surface area contributed by atoms with Gasteiger partial charge in [0.15, 0.2) is 10.3 Å². The number of carbonyl (C=O) groups excluding carboxylic acids is 1. The van der Waals surface area contributed by atoms with Crippen molar-refractivity contribution in [3.8, 4) is 5.69 Å². The molecule has 0 fully saturated rings. The Hall–Kier alpha value is -1.71. The lowest BCUT2D eigenvalue weighted by molar-refractivity contribution is -0.0118. The van der Waals surface area contributed by atoms with Crippen molar-refractivity contribution in [2.24, 2.45) is 0 Å². The van der Waals surface area contributed by atoms with Gasteiger partial charge in [0.25, 0.3) is 0 Å². The van der Waals surface area contributed by atoms with Crippen LogP contribution in [0.1, 0.15) is 0 Å². The fraction of sp³-hybridized carbons (Fsp3) is 0.100. The first-order chi connectivity index (χ1) is 8.99. The molecule has 19 heavy (non-hydrogen) atoms. The summed E-state index contributed by atoms with van der Waals surface area (Å²) in [6.07, 6.45) is 0. The Balaban J connectivity index is 2.32. The Labute approximate surface area is 120 Å². The third kappa shape index (κ3) is 3.00. The second-order valence-electron chi connectivity index (χ2n) is 3.64. The van der Waals surface area contributed by atoms with Gasteiger partial charge in [-0.25, -0.2) is 9.86 Å². The van der Waals surface area contributed by atoms with E-state index in [1.54, 1.807) is 28.8 Å². The van der Waals surface area contributed by atoms with E-state index in [0.717, 1.165) is 0 Å². The first kappa shape index (κ1) is 13.7. The zero-order valence-electron chi connectivity index (χ0n) is 9.85. The molecule has 0 radical (unpaired) electrons. The van der Waals surface area contributed by atoms with E-state index in [4.69, 9.17) is 5.21 Å². The Morgan fingerprint density at radius 1 is 1.37 bits per heavy atom. The van der Waals surface area contributed by atoms with Crippen LogP contribution in [0, 0.1) is 0 Å². The van der Waals surface area contributed by atoms with Crippen LogP contribution in [0.2, 0.25) is 0 Å². The van der Waals surface area contributed by atoms with Gasteiger partial charge in [-0.1, -0.05) is 6.07 Å². The molecule has 0 bridgehead atoms. The first-order valence-corrected chi connectivity index (χ1v) is 6.06. The number of rotatable bonds is 2. The third-order valence-electron chi connectivity index (χ3n) is 2.28. The Morgan fingerprint density at radius 2 is 2.00 bits per heavy atom. The van der Waals surface area contributed by atoms with Crippen LogP contribution in [0.4, 0.5) is 10.5 Å². The van der Waals surface area contributed by atoms with E-state index < -0.39 is 6.03 Å². The number of benzene rings is 1. The summed E-state index contributed by atoms with van der Waals surface area (Å²) in [5.74, 6) is 0. The summed E-state index contributed by atoms with van der Waals surface area (Å²) in [6, 6.07) is 6.26. The SMILES string of the molecule is CN(O)C(=O)Nc1cccc(-n2c(S)nnc2S)c1. The van der Waals surface area contributed by atoms with Gasteiger partial charge in [0.1, 0.15) is 0 Å². The zero-order valence-corrected chi connectivity index (χ0v) is 11.6. The van der Waals surface area contributed by atoms with E-state index in [1.807, 2.05) is 0 Å². The smallest absolute Gasteiger partial charge is 0.306 e. The highest BCUT2D eigenvalue weighted by atomic mass is 32.1. The standard InChI is InChI=1S/C10H11N5O2S2/c1-14(17)8(16)11-6-3-2-4-7(5-6)15-9(18)12-13-10(15)19/h2-5,17H,1H3,(H,11,16)(H,12,18)(H,13,19). The van der Waals surface area contributed by atoms with Crippen molar-refractivity contribution in [2.75, 3.05) is 12.4 Å². The highest BCUT2D eigenvalue weighted by Gasteiger charge is 2.10. The van der Waals surface area contributed by atoms with Gasteiger partial charge < -0.3 is 5.32 Å². The number of hydroxylamine groups is 2. The molecule has 100 valence electrons. The Morgan fingerprint density at radius 3 is 2.58 bits per heavy atom. The lowest BCUT2D eigenvalue weighted by atomic mass is 10.3. The monoisotopic (exact) mass is 297 g/mol. The van der Waals surface area contributed by atoms with Crippen molar-refractivity contribution >= 4 is 37.0 Å². The van der Waals surface area contributed by atoms with Crippen LogP contribution in [-0.2, 0) is 0 Å². The van der Waals surface area contributed by atoms with Crippen LogP contribution >= 0.6 is 25.3 Å². The minimum atomic E-state index is -0.641. The van der Waals surface area contributed by atoms with E-state index in [-0.39, 0.29) is 0 Å². The maximum atomic E-state index is 11.3. The van der Waals surface area contributed by atoms with E-state index >= 15 is 0 Å². The molecule has 2 aromatic rings. The molecule has 0 saturated heterocycles. The van der Waals surface area contributed by atoms with Gasteiger partial charge in [-0.05, 0) is 18.2 Å². The summed E-state index contributed by atoms with van der Waals surface area (Å²) in [7, 11) is 1.23. The first-order valence-electron chi connectivity index (χ1n) is 5.16. The fourth-order valence-corrected chi connectivity index (χ4v) is 2.02. The topological polar surface area (TPSA) is 83.3 Å². The molecular weight excluding hydrogens is 286 g/mol. The number of nitrogens with zero attached hydrogens (tertiary/aromatic N) is 4. The fourth-order valence-electron chi connectivity index (χ4n) is 1.43. The number of thiol groups is 2. The summed E-state index contributed by atoms with van der Waals surface area (Å²) in [5.41, 5.74) is 1.20. The maximum absolute atomic E-state index is 11.3. The highest BCUT2D eigenvalue weighted by Crippen LogP contribution is 2.21. The number of hydrogen-bond acceptors (Lipinski definition) is 6. The summed E-state index contributed by atoms with van der Waals surface area (Å²) < 4.78 is 1.60. The molecule has 9 heteroatoms. The minimum Gasteiger partial charge on any atom is -0.306 e. The predicted molar refractivity (Wildman–Crippen MR) is 74.4 cm³/mol. The third-order valence-corrected chi connectivity index (χ3v) is 2.86. The number of anilines is 1. The second kappa shape index (κ2) is 5.51. The van der Waals surface area contributed by atoms with Crippen LogP contribution in [0.5, 0.6) is 0 Å². The number of aromatic nitrogens is 3. The van der Waals surface area contributed by atoms with E-state index in [2.05, 4.69) is 40.8 Å². The second-order valence-corrected chi connectivity index (χ2v) is 4.44. The van der Waals surface area contributed by atoms with Gasteiger partial charge in [0.2, 0.25) is 0 Å². The molecule has 7 nitrogen and oxygen atoms in total. The van der Waals surface area contributed by atoms with Gasteiger partial charge in [-0.3, -0.25) is 9.77 Å². The molecule has 0 atom stereocenters. The summed E-state index contributed by atoms with van der Waals surface area (Å²) in [4.78, 5) is 11.3. The molecular formula is C10H11N5O2S2. The molecule has 1 aromatic carbocycles. The van der Waals surface area contributed by atoms with Crippen molar-refractivity contribution in [2.45, 2.75) is 10.3 Å². The van der Waals surface area contributed by atoms with Crippen LogP contribution in [-0.4, -0.2) is 38.1 Å². The van der Waals surface area contributed by atoms with E-state index in [9.17, 15) is 4.79 Å². The number of amides is 2. The highest BCUT2D eigenvalue weighted by molar-refractivity contribution is 7.80. The Bertz CT molecular complexity index is 594. The van der Waals surface area contributed by atoms with Crippen molar-refractivity contribution in [3.63, 3.8) is 0 Å². The molecule has 0 spiro atoms. The predicted octanol–water partition coefficient (Wildman–Crippen LogP) is 1.70.